The van der Waals surface area contributed by atoms with Crippen molar-refractivity contribution < 1.29 is 14.6 Å². The van der Waals surface area contributed by atoms with E-state index in [-0.39, 0.29) is 18.1 Å². The number of rotatable bonds is 4. The van der Waals surface area contributed by atoms with Gasteiger partial charge in [0.1, 0.15) is 5.82 Å². The van der Waals surface area contributed by atoms with Gasteiger partial charge in [-0.25, -0.2) is 4.98 Å². The minimum atomic E-state index is -0.358. The number of hydrogen-bond donors (Lipinski definition) is 1. The Bertz CT molecular complexity index is 555. The summed E-state index contributed by atoms with van der Waals surface area (Å²) in [5.41, 5.74) is 0.635. The Morgan fingerprint density at radius 2 is 2.12 bits per heavy atom. The number of anilines is 1. The van der Waals surface area contributed by atoms with Gasteiger partial charge in [-0.15, -0.1) is 0 Å². The number of piperidine rings is 1. The van der Waals surface area contributed by atoms with Crippen LogP contribution in [0.3, 0.4) is 0 Å². The van der Waals surface area contributed by atoms with Crippen LogP contribution in [0.5, 0.6) is 0 Å². The maximum atomic E-state index is 12.6. The maximum absolute atomic E-state index is 12.6. The topological polar surface area (TPSA) is 65.9 Å². The molecule has 0 spiro atoms. The molecule has 0 radical (unpaired) electrons. The Morgan fingerprint density at radius 1 is 1.38 bits per heavy atom. The minimum Gasteiger partial charge on any atom is -0.391 e. The highest BCUT2D eigenvalue weighted by Crippen LogP contribution is 2.25. The predicted molar refractivity (Wildman–Crippen MR) is 92.2 cm³/mol. The number of ether oxygens (including phenoxy) is 1. The van der Waals surface area contributed by atoms with Crippen LogP contribution in [-0.2, 0) is 4.74 Å². The molecule has 132 valence electrons. The lowest BCUT2D eigenvalue weighted by Gasteiger charge is -2.30. The fraction of sp³-hybridized carbons (Fsp3) is 0.667. The van der Waals surface area contributed by atoms with Crippen molar-refractivity contribution in [3.8, 4) is 0 Å². The van der Waals surface area contributed by atoms with E-state index in [0.717, 1.165) is 31.7 Å². The van der Waals surface area contributed by atoms with Crippen molar-refractivity contribution in [2.45, 2.75) is 38.3 Å². The second-order valence-corrected chi connectivity index (χ2v) is 7.03. The molecule has 1 aromatic rings. The molecule has 0 aliphatic carbocycles. The number of hydrogen-bond acceptors (Lipinski definition) is 5. The van der Waals surface area contributed by atoms with E-state index < -0.39 is 0 Å². The summed E-state index contributed by atoms with van der Waals surface area (Å²) in [6, 6.07) is 3.85. The number of amides is 1. The van der Waals surface area contributed by atoms with Crippen LogP contribution < -0.4 is 4.90 Å². The minimum absolute atomic E-state index is 0.0656. The molecule has 2 aliphatic rings. The first-order valence-electron chi connectivity index (χ1n) is 8.77. The lowest BCUT2D eigenvalue weighted by molar-refractivity contribution is 0.0697. The van der Waals surface area contributed by atoms with Crippen molar-refractivity contribution in [1.29, 1.82) is 0 Å². The van der Waals surface area contributed by atoms with Gasteiger partial charge in [-0.2, -0.15) is 0 Å². The average Bonchev–Trinajstić information content (AvgIpc) is 2.96. The number of aromatic nitrogens is 1. The average molecular weight is 333 g/mol. The van der Waals surface area contributed by atoms with E-state index in [1.54, 1.807) is 13.3 Å². The van der Waals surface area contributed by atoms with Gasteiger partial charge < -0.3 is 19.6 Å². The summed E-state index contributed by atoms with van der Waals surface area (Å²) >= 11 is 0. The van der Waals surface area contributed by atoms with Crippen LogP contribution in [0.25, 0.3) is 0 Å². The third kappa shape index (κ3) is 3.70. The molecule has 0 unspecified atom stereocenters. The highest BCUT2D eigenvalue weighted by molar-refractivity contribution is 5.94. The van der Waals surface area contributed by atoms with Gasteiger partial charge in [0.25, 0.3) is 5.91 Å². The fourth-order valence-corrected chi connectivity index (χ4v) is 3.60. The molecule has 1 amide bonds. The number of carbonyl (C=O) groups is 1. The largest absolute Gasteiger partial charge is 0.391 e. The molecule has 24 heavy (non-hydrogen) atoms. The molecule has 0 bridgehead atoms. The Kier molecular flexibility index (Phi) is 5.36. The molecule has 2 saturated heterocycles. The van der Waals surface area contributed by atoms with Crippen LogP contribution in [0.2, 0.25) is 0 Å². The van der Waals surface area contributed by atoms with Crippen LogP contribution in [0, 0.1) is 5.92 Å². The number of aliphatic hydroxyl groups excluding tert-OH is 1. The third-order valence-corrected chi connectivity index (χ3v) is 5.11. The maximum Gasteiger partial charge on any atom is 0.255 e. The van der Waals surface area contributed by atoms with E-state index in [2.05, 4.69) is 16.8 Å². The summed E-state index contributed by atoms with van der Waals surface area (Å²) in [7, 11) is 1.66. The van der Waals surface area contributed by atoms with Crippen molar-refractivity contribution in [1.82, 2.24) is 9.88 Å². The van der Waals surface area contributed by atoms with E-state index in [1.165, 1.54) is 0 Å². The molecule has 2 atom stereocenters. The molecule has 1 N–H and O–H groups in total. The van der Waals surface area contributed by atoms with E-state index in [0.29, 0.717) is 31.1 Å². The summed E-state index contributed by atoms with van der Waals surface area (Å²) in [6.07, 6.45) is 4.12. The zero-order chi connectivity index (χ0) is 17.1. The predicted octanol–water partition coefficient (Wildman–Crippen LogP) is 1.54. The van der Waals surface area contributed by atoms with Gasteiger partial charge in [0.15, 0.2) is 0 Å². The van der Waals surface area contributed by atoms with Gasteiger partial charge >= 0.3 is 0 Å². The van der Waals surface area contributed by atoms with Crippen LogP contribution in [0.15, 0.2) is 18.3 Å². The molecule has 1 aromatic heterocycles. The number of methoxy groups -OCH3 is 1. The van der Waals surface area contributed by atoms with E-state index >= 15 is 0 Å². The SMILES string of the molecule is COC[C@@H]1C[C@H](O)CN1c1ccc(C(=O)N2CCC(C)CC2)cn1. The summed E-state index contributed by atoms with van der Waals surface area (Å²) in [5, 5.41) is 9.91. The van der Waals surface area contributed by atoms with Crippen molar-refractivity contribution in [3.63, 3.8) is 0 Å². The van der Waals surface area contributed by atoms with Gasteiger partial charge in [-0.3, -0.25) is 4.79 Å². The summed E-state index contributed by atoms with van der Waals surface area (Å²) in [5.74, 6) is 1.56. The lowest BCUT2D eigenvalue weighted by Crippen LogP contribution is -2.38. The van der Waals surface area contributed by atoms with Crippen LogP contribution in [-0.4, -0.2) is 66.4 Å². The molecular weight excluding hydrogens is 306 g/mol. The highest BCUT2D eigenvalue weighted by Gasteiger charge is 2.32. The first-order valence-corrected chi connectivity index (χ1v) is 8.77. The molecular formula is C18H27N3O3. The number of aliphatic hydroxyl groups is 1. The Morgan fingerprint density at radius 3 is 2.75 bits per heavy atom. The van der Waals surface area contributed by atoms with E-state index in [9.17, 15) is 9.90 Å². The second kappa shape index (κ2) is 7.49. The van der Waals surface area contributed by atoms with E-state index in [1.807, 2.05) is 17.0 Å². The molecule has 0 saturated carbocycles. The number of likely N-dealkylation sites (tertiary alicyclic amines) is 1. The van der Waals surface area contributed by atoms with Crippen molar-refractivity contribution in [3.05, 3.63) is 23.9 Å². The highest BCUT2D eigenvalue weighted by atomic mass is 16.5. The molecule has 3 rings (SSSR count). The molecule has 0 aromatic carbocycles. The Labute approximate surface area is 143 Å². The zero-order valence-corrected chi connectivity index (χ0v) is 14.5. The number of pyridine rings is 1. The van der Waals surface area contributed by atoms with Crippen LogP contribution >= 0.6 is 0 Å². The van der Waals surface area contributed by atoms with Gasteiger partial charge in [-0.1, -0.05) is 6.92 Å². The first kappa shape index (κ1) is 17.2. The van der Waals surface area contributed by atoms with Gasteiger partial charge in [-0.05, 0) is 37.3 Å². The van der Waals surface area contributed by atoms with Crippen LogP contribution in [0.4, 0.5) is 5.82 Å². The van der Waals surface area contributed by atoms with Crippen molar-refractivity contribution in [2.24, 2.45) is 5.92 Å². The summed E-state index contributed by atoms with van der Waals surface area (Å²) in [6.45, 7) is 5.01. The number of carbonyl (C=O) groups excluding carboxylic acids is 1. The lowest BCUT2D eigenvalue weighted by atomic mass is 9.99. The van der Waals surface area contributed by atoms with Crippen molar-refractivity contribution >= 4 is 11.7 Å². The van der Waals surface area contributed by atoms with Crippen LogP contribution in [0.1, 0.15) is 36.5 Å². The summed E-state index contributed by atoms with van der Waals surface area (Å²) < 4.78 is 5.23. The normalized spacial score (nSPS) is 25.3. The van der Waals surface area contributed by atoms with Gasteiger partial charge in [0.2, 0.25) is 0 Å². The zero-order valence-electron chi connectivity index (χ0n) is 14.5. The molecule has 2 fully saturated rings. The first-order chi connectivity index (χ1) is 11.6. The summed E-state index contributed by atoms with van der Waals surface area (Å²) in [4.78, 5) is 21.0. The van der Waals surface area contributed by atoms with Crippen molar-refractivity contribution in [2.75, 3.05) is 38.3 Å². The Hall–Kier alpha value is -1.66. The standard InChI is InChI=1S/C18H27N3O3/c1-13-5-7-20(8-6-13)18(23)14-3-4-17(19-10-14)21-11-16(22)9-15(21)12-24-2/h3-4,10,13,15-16,22H,5-9,11-12H2,1-2H3/t15-,16-/m0/s1. The quantitative estimate of drug-likeness (QED) is 0.905. The molecule has 3 heterocycles. The number of nitrogens with zero attached hydrogens (tertiary/aromatic N) is 3. The molecule has 6 heteroatoms. The monoisotopic (exact) mass is 333 g/mol. The van der Waals surface area contributed by atoms with E-state index in [4.69, 9.17) is 4.74 Å². The second-order valence-electron chi connectivity index (χ2n) is 7.03. The number of β-amino-alcohol motifs (C(OH)–C–C–N with tert-alkyl or cyclic N) is 1. The van der Waals surface area contributed by atoms with Gasteiger partial charge in [0, 0.05) is 32.9 Å². The smallest absolute Gasteiger partial charge is 0.255 e. The molecule has 2 aliphatic heterocycles. The molecule has 6 nitrogen and oxygen atoms in total. The van der Waals surface area contributed by atoms with Gasteiger partial charge in [0.05, 0.1) is 24.3 Å². The third-order valence-electron chi connectivity index (χ3n) is 5.11. The Balaban J connectivity index is 1.67. The fourth-order valence-electron chi connectivity index (χ4n) is 3.60.